The van der Waals surface area contributed by atoms with E-state index in [2.05, 4.69) is 91.3 Å². The van der Waals surface area contributed by atoms with E-state index in [1.165, 1.54) is 32.3 Å². The second-order valence-corrected chi connectivity index (χ2v) is 8.18. The van der Waals surface area contributed by atoms with Gasteiger partial charge in [-0.05, 0) is 63.4 Å². The lowest BCUT2D eigenvalue weighted by molar-refractivity contribution is 0.660. The molecule has 1 heterocycles. The maximum Gasteiger partial charge on any atom is 0.0398 e. The third kappa shape index (κ3) is 2.21. The zero-order valence-corrected chi connectivity index (χ0v) is 15.2. The van der Waals surface area contributed by atoms with Gasteiger partial charge in [0.2, 0.25) is 0 Å². The first kappa shape index (κ1) is 14.7. The first-order valence-electron chi connectivity index (χ1n) is 8.62. The summed E-state index contributed by atoms with van der Waals surface area (Å²) in [6.07, 6.45) is 0. The fourth-order valence-corrected chi connectivity index (χ4v) is 4.81. The molecule has 0 bridgehead atoms. The van der Waals surface area contributed by atoms with Gasteiger partial charge in [-0.3, -0.25) is 0 Å². The molecule has 0 fully saturated rings. The van der Waals surface area contributed by atoms with Crippen molar-refractivity contribution >= 4 is 32.8 Å². The zero-order chi connectivity index (χ0) is 17.0. The van der Waals surface area contributed by atoms with Gasteiger partial charge >= 0.3 is 0 Å². The molecule has 3 aromatic carbocycles. The summed E-state index contributed by atoms with van der Waals surface area (Å²) in [6.45, 7) is 4.64. The molecule has 0 saturated heterocycles. The van der Waals surface area contributed by atoms with Crippen LogP contribution >= 0.6 is 11.3 Å². The largest absolute Gasteiger partial charge is 0.355 e. The standard InChI is InChI=1S/C23H19NS/c1-23(2)20-6-4-3-5-18(20)19-10-9-16(13-21(19)23)24-17-8-7-15-11-12-25-22(15)14-17/h3-14,24H,1-2H3. The molecule has 0 radical (unpaired) electrons. The van der Waals surface area contributed by atoms with Gasteiger partial charge in [0, 0.05) is 21.5 Å². The second-order valence-electron chi connectivity index (χ2n) is 7.23. The predicted octanol–water partition coefficient (Wildman–Crippen LogP) is 6.95. The number of fused-ring (bicyclic) bond motifs is 4. The van der Waals surface area contributed by atoms with E-state index in [0.29, 0.717) is 0 Å². The van der Waals surface area contributed by atoms with Crippen LogP contribution in [0.2, 0.25) is 0 Å². The molecule has 1 aliphatic rings. The third-order valence-corrected chi connectivity index (χ3v) is 6.21. The highest BCUT2D eigenvalue weighted by Crippen LogP contribution is 2.49. The van der Waals surface area contributed by atoms with Crippen molar-refractivity contribution in [1.82, 2.24) is 0 Å². The number of nitrogens with one attached hydrogen (secondary N) is 1. The molecule has 1 N–H and O–H groups in total. The SMILES string of the molecule is CC1(C)c2ccccc2-c2ccc(Nc3ccc4ccsc4c3)cc21. The molecule has 122 valence electrons. The maximum atomic E-state index is 3.59. The molecule has 0 amide bonds. The van der Waals surface area contributed by atoms with Gasteiger partial charge in [-0.2, -0.15) is 0 Å². The van der Waals surface area contributed by atoms with Crippen LogP contribution in [0.25, 0.3) is 21.2 Å². The van der Waals surface area contributed by atoms with Crippen LogP contribution < -0.4 is 5.32 Å². The fourth-order valence-electron chi connectivity index (χ4n) is 3.98. The minimum absolute atomic E-state index is 0.0430. The highest BCUT2D eigenvalue weighted by molar-refractivity contribution is 7.17. The van der Waals surface area contributed by atoms with Crippen LogP contribution in [0.4, 0.5) is 11.4 Å². The normalized spacial score (nSPS) is 14.3. The molecule has 1 aliphatic carbocycles. The van der Waals surface area contributed by atoms with E-state index in [1.807, 2.05) is 0 Å². The van der Waals surface area contributed by atoms with Crippen molar-refractivity contribution in [2.75, 3.05) is 5.32 Å². The van der Waals surface area contributed by atoms with Gasteiger partial charge in [-0.15, -0.1) is 11.3 Å². The highest BCUT2D eigenvalue weighted by Gasteiger charge is 2.35. The summed E-state index contributed by atoms with van der Waals surface area (Å²) in [5, 5.41) is 7.04. The quantitative estimate of drug-likeness (QED) is 0.416. The Hall–Kier alpha value is -2.58. The van der Waals surface area contributed by atoms with E-state index >= 15 is 0 Å². The number of rotatable bonds is 2. The summed E-state index contributed by atoms with van der Waals surface area (Å²) in [7, 11) is 0. The van der Waals surface area contributed by atoms with Gasteiger partial charge in [0.05, 0.1) is 0 Å². The number of anilines is 2. The van der Waals surface area contributed by atoms with Crippen LogP contribution in [0, 0.1) is 0 Å². The molecule has 4 aromatic rings. The molecule has 0 spiro atoms. The van der Waals surface area contributed by atoms with Crippen molar-refractivity contribution in [3.8, 4) is 11.1 Å². The summed E-state index contributed by atoms with van der Waals surface area (Å²) in [4.78, 5) is 0. The van der Waals surface area contributed by atoms with E-state index in [9.17, 15) is 0 Å². The van der Waals surface area contributed by atoms with Crippen molar-refractivity contribution < 1.29 is 0 Å². The summed E-state index contributed by atoms with van der Waals surface area (Å²) in [5.41, 5.74) is 7.88. The number of benzene rings is 3. The van der Waals surface area contributed by atoms with Crippen molar-refractivity contribution in [1.29, 1.82) is 0 Å². The first-order chi connectivity index (χ1) is 12.1. The van der Waals surface area contributed by atoms with E-state index in [0.717, 1.165) is 11.4 Å². The smallest absolute Gasteiger partial charge is 0.0398 e. The lowest BCUT2D eigenvalue weighted by Crippen LogP contribution is -2.15. The molecule has 25 heavy (non-hydrogen) atoms. The Balaban J connectivity index is 1.56. The van der Waals surface area contributed by atoms with Crippen LogP contribution in [-0.4, -0.2) is 0 Å². The summed E-state index contributed by atoms with van der Waals surface area (Å²) in [6, 6.07) is 24.3. The monoisotopic (exact) mass is 341 g/mol. The topological polar surface area (TPSA) is 12.0 Å². The molecule has 0 unspecified atom stereocenters. The van der Waals surface area contributed by atoms with Gasteiger partial charge in [0.25, 0.3) is 0 Å². The molecule has 1 nitrogen and oxygen atoms in total. The maximum absolute atomic E-state index is 3.59. The zero-order valence-electron chi connectivity index (χ0n) is 14.3. The Morgan fingerprint density at radius 2 is 1.52 bits per heavy atom. The lowest BCUT2D eigenvalue weighted by atomic mass is 9.82. The average molecular weight is 341 g/mol. The minimum Gasteiger partial charge on any atom is -0.355 e. The fraction of sp³-hybridized carbons (Fsp3) is 0.130. The molecular formula is C23H19NS. The van der Waals surface area contributed by atoms with Gasteiger partial charge < -0.3 is 5.32 Å². The Morgan fingerprint density at radius 3 is 2.44 bits per heavy atom. The lowest BCUT2D eigenvalue weighted by Gasteiger charge is -2.22. The van der Waals surface area contributed by atoms with E-state index in [-0.39, 0.29) is 5.41 Å². The van der Waals surface area contributed by atoms with Gasteiger partial charge in [-0.1, -0.05) is 50.2 Å². The Morgan fingerprint density at radius 1 is 0.760 bits per heavy atom. The van der Waals surface area contributed by atoms with Crippen LogP contribution in [0.5, 0.6) is 0 Å². The minimum atomic E-state index is 0.0430. The van der Waals surface area contributed by atoms with E-state index in [4.69, 9.17) is 0 Å². The van der Waals surface area contributed by atoms with Crippen molar-refractivity contribution in [3.05, 3.63) is 83.2 Å². The van der Waals surface area contributed by atoms with Crippen LogP contribution in [0.3, 0.4) is 0 Å². The Labute approximate surface area is 152 Å². The Bertz CT molecular complexity index is 1100. The van der Waals surface area contributed by atoms with Crippen molar-refractivity contribution in [2.24, 2.45) is 0 Å². The van der Waals surface area contributed by atoms with E-state index in [1.54, 1.807) is 11.3 Å². The molecule has 0 saturated carbocycles. The van der Waals surface area contributed by atoms with Crippen molar-refractivity contribution in [2.45, 2.75) is 19.3 Å². The molecule has 5 rings (SSSR count). The average Bonchev–Trinajstić information content (AvgIpc) is 3.17. The molecular weight excluding hydrogens is 322 g/mol. The summed E-state index contributed by atoms with van der Waals surface area (Å²) < 4.78 is 1.32. The first-order valence-corrected chi connectivity index (χ1v) is 9.49. The molecule has 2 heteroatoms. The number of hydrogen-bond donors (Lipinski definition) is 1. The summed E-state index contributed by atoms with van der Waals surface area (Å²) >= 11 is 1.78. The molecule has 1 aromatic heterocycles. The number of hydrogen-bond acceptors (Lipinski definition) is 2. The van der Waals surface area contributed by atoms with E-state index < -0.39 is 0 Å². The summed E-state index contributed by atoms with van der Waals surface area (Å²) in [5.74, 6) is 0. The van der Waals surface area contributed by atoms with Crippen LogP contribution in [-0.2, 0) is 5.41 Å². The van der Waals surface area contributed by atoms with Crippen LogP contribution in [0.1, 0.15) is 25.0 Å². The highest BCUT2D eigenvalue weighted by atomic mass is 32.1. The van der Waals surface area contributed by atoms with Crippen LogP contribution in [0.15, 0.2) is 72.1 Å². The van der Waals surface area contributed by atoms with Gasteiger partial charge in [-0.25, -0.2) is 0 Å². The van der Waals surface area contributed by atoms with Gasteiger partial charge in [0.15, 0.2) is 0 Å². The second kappa shape index (κ2) is 5.21. The van der Waals surface area contributed by atoms with Crippen molar-refractivity contribution in [3.63, 3.8) is 0 Å². The van der Waals surface area contributed by atoms with Gasteiger partial charge in [0.1, 0.15) is 0 Å². The number of thiophene rings is 1. The predicted molar refractivity (Wildman–Crippen MR) is 109 cm³/mol. The Kier molecular flexibility index (Phi) is 3.07. The molecule has 0 aliphatic heterocycles. The molecule has 0 atom stereocenters. The third-order valence-electron chi connectivity index (χ3n) is 5.33.